The maximum absolute atomic E-state index is 14.0. The Balaban J connectivity index is 1.59. The van der Waals surface area contributed by atoms with Gasteiger partial charge in [0.15, 0.2) is 11.6 Å². The number of benzene rings is 1. The molecule has 0 aliphatic heterocycles. The Morgan fingerprint density at radius 1 is 1.28 bits per heavy atom. The zero-order valence-electron chi connectivity index (χ0n) is 17.9. The molecule has 0 spiro atoms. The molecule has 0 saturated heterocycles. The van der Waals surface area contributed by atoms with Crippen molar-refractivity contribution in [2.75, 3.05) is 13.7 Å². The Kier molecular flexibility index (Phi) is 6.38. The lowest BCUT2D eigenvalue weighted by Gasteiger charge is -2.21. The fourth-order valence-corrected chi connectivity index (χ4v) is 5.35. The average molecular weight is 472 g/mol. The van der Waals surface area contributed by atoms with E-state index in [0.29, 0.717) is 22.3 Å². The van der Waals surface area contributed by atoms with E-state index in [-0.39, 0.29) is 30.3 Å². The number of carbonyl (C=O) groups is 1. The molecule has 0 unspecified atom stereocenters. The molecular weight excluding hydrogens is 449 g/mol. The number of amides is 1. The van der Waals surface area contributed by atoms with Gasteiger partial charge in [-0.1, -0.05) is 6.07 Å². The number of fused-ring (bicyclic) bond motifs is 1. The van der Waals surface area contributed by atoms with Crippen molar-refractivity contribution in [1.29, 1.82) is 0 Å². The third-order valence-corrected chi connectivity index (χ3v) is 7.12. The summed E-state index contributed by atoms with van der Waals surface area (Å²) < 4.78 is 20.3. The van der Waals surface area contributed by atoms with Crippen LogP contribution in [0.4, 0.5) is 4.39 Å². The molecule has 0 aliphatic rings. The van der Waals surface area contributed by atoms with Crippen molar-refractivity contribution in [2.24, 2.45) is 0 Å². The third kappa shape index (κ3) is 4.31. The molecule has 0 N–H and O–H groups in total. The number of likely N-dealkylation sites (N-methyl/N-ethyl adjacent to an activating group) is 1. The molecule has 3 aromatic heterocycles. The van der Waals surface area contributed by atoms with E-state index in [1.165, 1.54) is 41.5 Å². The van der Waals surface area contributed by atoms with Crippen LogP contribution in [0.5, 0.6) is 5.75 Å². The number of ether oxygens (including phenoxy) is 1. The lowest BCUT2D eigenvalue weighted by Crippen LogP contribution is -2.36. The van der Waals surface area contributed by atoms with Crippen molar-refractivity contribution in [3.8, 4) is 16.2 Å². The standard InChI is InChI=1S/C23H22FN3O3S2/c1-4-26(10-15-6-7-18(30-3)17(24)9-15)20(28)11-27-13-25-22-21(23(27)29)16(12-31-22)19-8-5-14(2)32-19/h5-9,12-13H,4,10-11H2,1-3H3. The van der Waals surface area contributed by atoms with Crippen molar-refractivity contribution >= 4 is 38.8 Å². The highest BCUT2D eigenvalue weighted by molar-refractivity contribution is 7.19. The molecule has 0 fully saturated rings. The normalized spacial score (nSPS) is 11.1. The first-order valence-electron chi connectivity index (χ1n) is 10.0. The number of methoxy groups -OCH3 is 1. The molecule has 0 saturated carbocycles. The summed E-state index contributed by atoms with van der Waals surface area (Å²) in [5.74, 6) is -0.564. The second-order valence-electron chi connectivity index (χ2n) is 7.29. The molecule has 0 aliphatic carbocycles. The Bertz CT molecular complexity index is 1340. The summed E-state index contributed by atoms with van der Waals surface area (Å²) in [5, 5.41) is 2.47. The summed E-state index contributed by atoms with van der Waals surface area (Å²) in [4.78, 5) is 35.0. The van der Waals surface area contributed by atoms with Gasteiger partial charge in [-0.2, -0.15) is 0 Å². The van der Waals surface area contributed by atoms with Crippen LogP contribution in [0.1, 0.15) is 17.4 Å². The number of carbonyl (C=O) groups excluding carboxylic acids is 1. The monoisotopic (exact) mass is 471 g/mol. The van der Waals surface area contributed by atoms with Crippen LogP contribution >= 0.6 is 22.7 Å². The van der Waals surface area contributed by atoms with E-state index in [1.54, 1.807) is 22.3 Å². The Hall–Kier alpha value is -3.04. The maximum Gasteiger partial charge on any atom is 0.263 e. The fourth-order valence-electron chi connectivity index (χ4n) is 3.49. The van der Waals surface area contributed by atoms with Gasteiger partial charge in [0.1, 0.15) is 11.4 Å². The molecule has 3 heterocycles. The highest BCUT2D eigenvalue weighted by Crippen LogP contribution is 2.34. The average Bonchev–Trinajstić information content (AvgIpc) is 3.40. The molecule has 9 heteroatoms. The van der Waals surface area contributed by atoms with Crippen LogP contribution in [-0.2, 0) is 17.9 Å². The molecule has 1 aromatic carbocycles. The molecule has 166 valence electrons. The van der Waals surface area contributed by atoms with Gasteiger partial charge >= 0.3 is 0 Å². The molecular formula is C23H22FN3O3S2. The van der Waals surface area contributed by atoms with Crippen LogP contribution in [0, 0.1) is 12.7 Å². The van der Waals surface area contributed by atoms with Crippen LogP contribution in [-0.4, -0.2) is 34.0 Å². The summed E-state index contributed by atoms with van der Waals surface area (Å²) in [6, 6.07) is 8.63. The number of hydrogen-bond acceptors (Lipinski definition) is 6. The summed E-state index contributed by atoms with van der Waals surface area (Å²) in [7, 11) is 1.40. The van der Waals surface area contributed by atoms with Gasteiger partial charge in [-0.25, -0.2) is 9.37 Å². The molecule has 0 bridgehead atoms. The number of rotatable bonds is 7. The zero-order valence-corrected chi connectivity index (χ0v) is 19.6. The topological polar surface area (TPSA) is 64.4 Å². The van der Waals surface area contributed by atoms with Crippen molar-refractivity contribution in [3.63, 3.8) is 0 Å². The van der Waals surface area contributed by atoms with E-state index in [1.807, 2.05) is 31.4 Å². The van der Waals surface area contributed by atoms with E-state index in [4.69, 9.17) is 4.74 Å². The maximum atomic E-state index is 14.0. The molecule has 4 aromatic rings. The van der Waals surface area contributed by atoms with Gasteiger partial charge < -0.3 is 9.64 Å². The minimum atomic E-state index is -0.479. The van der Waals surface area contributed by atoms with Gasteiger partial charge in [-0.15, -0.1) is 22.7 Å². The summed E-state index contributed by atoms with van der Waals surface area (Å²) in [5.41, 5.74) is 1.26. The van der Waals surface area contributed by atoms with Crippen molar-refractivity contribution in [1.82, 2.24) is 14.5 Å². The number of nitrogens with zero attached hydrogens (tertiary/aromatic N) is 3. The predicted molar refractivity (Wildman–Crippen MR) is 126 cm³/mol. The van der Waals surface area contributed by atoms with E-state index >= 15 is 0 Å². The van der Waals surface area contributed by atoms with Gasteiger partial charge in [0, 0.05) is 33.8 Å². The third-order valence-electron chi connectivity index (χ3n) is 5.20. The molecule has 0 radical (unpaired) electrons. The quantitative estimate of drug-likeness (QED) is 0.392. The van der Waals surface area contributed by atoms with E-state index in [0.717, 1.165) is 15.3 Å². The fraction of sp³-hybridized carbons (Fsp3) is 0.261. The van der Waals surface area contributed by atoms with Crippen LogP contribution in [0.25, 0.3) is 20.7 Å². The first-order chi connectivity index (χ1) is 15.4. The number of hydrogen-bond donors (Lipinski definition) is 0. The van der Waals surface area contributed by atoms with Gasteiger partial charge in [-0.3, -0.25) is 14.2 Å². The van der Waals surface area contributed by atoms with Gasteiger partial charge in [0.25, 0.3) is 5.56 Å². The zero-order chi connectivity index (χ0) is 22.8. The smallest absolute Gasteiger partial charge is 0.263 e. The predicted octanol–water partition coefficient (Wildman–Crippen LogP) is 4.69. The second-order valence-corrected chi connectivity index (χ2v) is 9.44. The molecule has 6 nitrogen and oxygen atoms in total. The number of aryl methyl sites for hydroxylation is 1. The van der Waals surface area contributed by atoms with Crippen molar-refractivity contribution in [2.45, 2.75) is 26.9 Å². The molecule has 32 heavy (non-hydrogen) atoms. The Morgan fingerprint density at radius 2 is 2.09 bits per heavy atom. The molecule has 4 rings (SSSR count). The first kappa shape index (κ1) is 22.2. The minimum absolute atomic E-state index is 0.132. The summed E-state index contributed by atoms with van der Waals surface area (Å²) >= 11 is 3.04. The van der Waals surface area contributed by atoms with Crippen molar-refractivity contribution in [3.05, 3.63) is 68.7 Å². The highest BCUT2D eigenvalue weighted by atomic mass is 32.1. The van der Waals surface area contributed by atoms with Crippen LogP contribution in [0.2, 0.25) is 0 Å². The van der Waals surface area contributed by atoms with Gasteiger partial charge in [-0.05, 0) is 43.7 Å². The summed E-state index contributed by atoms with van der Waals surface area (Å²) in [6.07, 6.45) is 1.42. The molecule has 0 atom stereocenters. The van der Waals surface area contributed by atoms with E-state index in [2.05, 4.69) is 4.98 Å². The highest BCUT2D eigenvalue weighted by Gasteiger charge is 2.18. The first-order valence-corrected chi connectivity index (χ1v) is 11.7. The summed E-state index contributed by atoms with van der Waals surface area (Å²) in [6.45, 7) is 4.39. The Labute approximate surface area is 192 Å². The second kappa shape index (κ2) is 9.22. The minimum Gasteiger partial charge on any atom is -0.494 e. The Morgan fingerprint density at radius 3 is 2.75 bits per heavy atom. The lowest BCUT2D eigenvalue weighted by atomic mass is 10.2. The van der Waals surface area contributed by atoms with Crippen LogP contribution < -0.4 is 10.3 Å². The van der Waals surface area contributed by atoms with Crippen molar-refractivity contribution < 1.29 is 13.9 Å². The number of halogens is 1. The van der Waals surface area contributed by atoms with Gasteiger partial charge in [0.2, 0.25) is 5.91 Å². The van der Waals surface area contributed by atoms with E-state index < -0.39 is 5.82 Å². The number of aromatic nitrogens is 2. The molecule has 1 amide bonds. The van der Waals surface area contributed by atoms with E-state index in [9.17, 15) is 14.0 Å². The van der Waals surface area contributed by atoms with Gasteiger partial charge in [0.05, 0.1) is 18.8 Å². The SMILES string of the molecule is CCN(Cc1ccc(OC)c(F)c1)C(=O)Cn1cnc2scc(-c3ccc(C)s3)c2c1=O. The van der Waals surface area contributed by atoms with Crippen LogP contribution in [0.15, 0.2) is 46.8 Å². The van der Waals surface area contributed by atoms with Crippen LogP contribution in [0.3, 0.4) is 0 Å². The number of thiophene rings is 2. The lowest BCUT2D eigenvalue weighted by molar-refractivity contribution is -0.132. The largest absolute Gasteiger partial charge is 0.494 e.